The minimum absolute atomic E-state index is 0.119. The SMILES string of the molecule is CC1(C)CCc2ccnn2C1=O. The molecule has 2 heterocycles. The molecule has 1 aromatic heterocycles. The van der Waals surface area contributed by atoms with Gasteiger partial charge >= 0.3 is 0 Å². The van der Waals surface area contributed by atoms with E-state index in [0.717, 1.165) is 18.5 Å². The predicted molar refractivity (Wildman–Crippen MR) is 45.0 cm³/mol. The number of hydrogen-bond acceptors (Lipinski definition) is 2. The molecule has 3 nitrogen and oxygen atoms in total. The van der Waals surface area contributed by atoms with Crippen LogP contribution in [0.5, 0.6) is 0 Å². The summed E-state index contributed by atoms with van der Waals surface area (Å²) in [4.78, 5) is 11.7. The van der Waals surface area contributed by atoms with E-state index in [4.69, 9.17) is 0 Å². The van der Waals surface area contributed by atoms with Crippen LogP contribution in [0.2, 0.25) is 0 Å². The Bertz CT molecular complexity index is 325. The highest BCUT2D eigenvalue weighted by Crippen LogP contribution is 2.29. The lowest BCUT2D eigenvalue weighted by Crippen LogP contribution is -2.36. The number of fused-ring (bicyclic) bond motifs is 1. The first-order chi connectivity index (χ1) is 5.61. The number of aryl methyl sites for hydroxylation is 1. The average Bonchev–Trinajstić information content (AvgIpc) is 2.45. The van der Waals surface area contributed by atoms with E-state index >= 15 is 0 Å². The molecule has 12 heavy (non-hydrogen) atoms. The largest absolute Gasteiger partial charge is 0.272 e. The van der Waals surface area contributed by atoms with Gasteiger partial charge in [0.2, 0.25) is 0 Å². The molecule has 1 aromatic rings. The molecule has 0 fully saturated rings. The van der Waals surface area contributed by atoms with Crippen molar-refractivity contribution in [2.45, 2.75) is 26.7 Å². The van der Waals surface area contributed by atoms with Gasteiger partial charge in [-0.3, -0.25) is 4.79 Å². The van der Waals surface area contributed by atoms with Gasteiger partial charge in [0.25, 0.3) is 5.91 Å². The minimum atomic E-state index is -0.237. The van der Waals surface area contributed by atoms with Crippen LogP contribution in [-0.2, 0) is 6.42 Å². The molecule has 3 heteroatoms. The third-order valence-electron chi connectivity index (χ3n) is 2.50. The van der Waals surface area contributed by atoms with Crippen molar-refractivity contribution in [2.24, 2.45) is 5.41 Å². The molecule has 0 saturated carbocycles. The van der Waals surface area contributed by atoms with Crippen LogP contribution in [0.1, 0.15) is 30.8 Å². The van der Waals surface area contributed by atoms with Crippen LogP contribution in [-0.4, -0.2) is 15.7 Å². The summed E-state index contributed by atoms with van der Waals surface area (Å²) in [6.45, 7) is 3.94. The maximum Gasteiger partial charge on any atom is 0.252 e. The van der Waals surface area contributed by atoms with Crippen molar-refractivity contribution in [3.63, 3.8) is 0 Å². The van der Waals surface area contributed by atoms with Crippen LogP contribution < -0.4 is 0 Å². The lowest BCUT2D eigenvalue weighted by atomic mass is 9.84. The van der Waals surface area contributed by atoms with Crippen LogP contribution in [0.15, 0.2) is 12.3 Å². The predicted octanol–water partition coefficient (Wildman–Crippen LogP) is 1.50. The van der Waals surface area contributed by atoms with Gasteiger partial charge in [-0.15, -0.1) is 0 Å². The quantitative estimate of drug-likeness (QED) is 0.582. The van der Waals surface area contributed by atoms with Crippen LogP contribution in [0.4, 0.5) is 0 Å². The molecule has 1 aliphatic rings. The second kappa shape index (κ2) is 2.19. The standard InChI is InChI=1S/C9H12N2O/c1-9(2)5-3-7-4-6-10-11(7)8(9)12/h4,6H,3,5H2,1-2H3. The zero-order valence-corrected chi connectivity index (χ0v) is 7.37. The lowest BCUT2D eigenvalue weighted by Gasteiger charge is -2.27. The van der Waals surface area contributed by atoms with Gasteiger partial charge in [0.1, 0.15) is 0 Å². The van der Waals surface area contributed by atoms with Crippen molar-refractivity contribution in [2.75, 3.05) is 0 Å². The number of carbonyl (C=O) groups is 1. The molecule has 64 valence electrons. The van der Waals surface area contributed by atoms with Gasteiger partial charge in [-0.05, 0) is 18.9 Å². The summed E-state index contributed by atoms with van der Waals surface area (Å²) in [7, 11) is 0. The van der Waals surface area contributed by atoms with Crippen LogP contribution in [0.25, 0.3) is 0 Å². The molecule has 0 amide bonds. The number of nitrogens with zero attached hydrogens (tertiary/aromatic N) is 2. The van der Waals surface area contributed by atoms with E-state index in [2.05, 4.69) is 5.10 Å². The monoisotopic (exact) mass is 164 g/mol. The van der Waals surface area contributed by atoms with E-state index in [1.165, 1.54) is 4.68 Å². The highest BCUT2D eigenvalue weighted by atomic mass is 16.2. The third kappa shape index (κ3) is 0.891. The number of carbonyl (C=O) groups excluding carboxylic acids is 1. The van der Waals surface area contributed by atoms with Gasteiger partial charge in [-0.2, -0.15) is 5.10 Å². The summed E-state index contributed by atoms with van der Waals surface area (Å²) >= 11 is 0. The third-order valence-corrected chi connectivity index (χ3v) is 2.50. The van der Waals surface area contributed by atoms with Gasteiger partial charge in [0.05, 0.1) is 0 Å². The average molecular weight is 164 g/mol. The normalized spacial score (nSPS) is 20.7. The highest BCUT2D eigenvalue weighted by molar-refractivity contribution is 5.85. The van der Waals surface area contributed by atoms with Crippen molar-refractivity contribution in [1.82, 2.24) is 9.78 Å². The fourth-order valence-corrected chi connectivity index (χ4v) is 1.54. The Labute approximate surface area is 71.4 Å². The zero-order chi connectivity index (χ0) is 8.77. The van der Waals surface area contributed by atoms with Crippen LogP contribution >= 0.6 is 0 Å². The Kier molecular flexibility index (Phi) is 1.37. The summed E-state index contributed by atoms with van der Waals surface area (Å²) in [6, 6.07) is 1.91. The molecule has 0 aromatic carbocycles. The van der Waals surface area contributed by atoms with E-state index in [1.54, 1.807) is 6.20 Å². The van der Waals surface area contributed by atoms with Crippen molar-refractivity contribution in [3.8, 4) is 0 Å². The fourth-order valence-electron chi connectivity index (χ4n) is 1.54. The molecule has 0 unspecified atom stereocenters. The van der Waals surface area contributed by atoms with Crippen molar-refractivity contribution < 1.29 is 4.79 Å². The van der Waals surface area contributed by atoms with Gasteiger partial charge in [0, 0.05) is 17.3 Å². The van der Waals surface area contributed by atoms with E-state index < -0.39 is 0 Å². The first-order valence-corrected chi connectivity index (χ1v) is 4.19. The lowest BCUT2D eigenvalue weighted by molar-refractivity contribution is 0.0680. The molecule has 2 rings (SSSR count). The summed E-state index contributed by atoms with van der Waals surface area (Å²) in [5.74, 6) is 0.119. The molecule has 0 spiro atoms. The summed E-state index contributed by atoms with van der Waals surface area (Å²) in [6.07, 6.45) is 3.57. The van der Waals surface area contributed by atoms with Crippen molar-refractivity contribution >= 4 is 5.91 Å². The first-order valence-electron chi connectivity index (χ1n) is 4.19. The van der Waals surface area contributed by atoms with E-state index in [9.17, 15) is 4.79 Å². The van der Waals surface area contributed by atoms with E-state index in [1.807, 2.05) is 19.9 Å². The molecule has 0 bridgehead atoms. The first kappa shape index (κ1) is 7.53. The molecule has 1 aliphatic heterocycles. The van der Waals surface area contributed by atoms with Gasteiger partial charge < -0.3 is 0 Å². The Morgan fingerprint density at radius 1 is 1.58 bits per heavy atom. The number of hydrogen-bond donors (Lipinski definition) is 0. The topological polar surface area (TPSA) is 34.9 Å². The molecular formula is C9H12N2O. The smallest absolute Gasteiger partial charge is 0.252 e. The zero-order valence-electron chi connectivity index (χ0n) is 7.37. The van der Waals surface area contributed by atoms with E-state index in [0.29, 0.717) is 0 Å². The Morgan fingerprint density at radius 3 is 3.08 bits per heavy atom. The van der Waals surface area contributed by atoms with Gasteiger partial charge in [0.15, 0.2) is 0 Å². The Balaban J connectivity index is 2.49. The van der Waals surface area contributed by atoms with Crippen molar-refractivity contribution in [1.29, 1.82) is 0 Å². The molecular weight excluding hydrogens is 152 g/mol. The molecule has 0 aliphatic carbocycles. The minimum Gasteiger partial charge on any atom is -0.272 e. The second-order valence-electron chi connectivity index (χ2n) is 3.92. The van der Waals surface area contributed by atoms with Gasteiger partial charge in [-0.1, -0.05) is 13.8 Å². The maximum atomic E-state index is 11.7. The molecule has 0 saturated heterocycles. The van der Waals surface area contributed by atoms with E-state index in [-0.39, 0.29) is 11.3 Å². The number of rotatable bonds is 0. The summed E-state index contributed by atoms with van der Waals surface area (Å²) < 4.78 is 1.53. The highest BCUT2D eigenvalue weighted by Gasteiger charge is 2.34. The fraction of sp³-hybridized carbons (Fsp3) is 0.556. The molecule has 0 atom stereocenters. The van der Waals surface area contributed by atoms with Gasteiger partial charge in [-0.25, -0.2) is 4.68 Å². The maximum absolute atomic E-state index is 11.7. The molecule has 0 radical (unpaired) electrons. The van der Waals surface area contributed by atoms with Crippen LogP contribution in [0.3, 0.4) is 0 Å². The summed E-state index contributed by atoms with van der Waals surface area (Å²) in [5, 5.41) is 4.00. The second-order valence-corrected chi connectivity index (χ2v) is 3.92. The van der Waals surface area contributed by atoms with Crippen molar-refractivity contribution in [3.05, 3.63) is 18.0 Å². The van der Waals surface area contributed by atoms with Crippen LogP contribution in [0, 0.1) is 5.41 Å². The Morgan fingerprint density at radius 2 is 2.33 bits per heavy atom. The molecule has 0 N–H and O–H groups in total. The Hall–Kier alpha value is -1.12. The number of aromatic nitrogens is 2. The summed E-state index contributed by atoms with van der Waals surface area (Å²) in [5.41, 5.74) is 0.804.